The molecule has 5 nitrogen and oxygen atoms in total. The Kier molecular flexibility index (Phi) is 7.72. The van der Waals surface area contributed by atoms with Crippen molar-refractivity contribution in [3.63, 3.8) is 0 Å². The fourth-order valence-corrected chi connectivity index (χ4v) is 2.98. The zero-order valence-corrected chi connectivity index (χ0v) is 15.3. The number of nitrogens with zero attached hydrogens (tertiary/aromatic N) is 1. The smallest absolute Gasteiger partial charge is 0.225 e. The van der Waals surface area contributed by atoms with Crippen molar-refractivity contribution in [2.24, 2.45) is 5.92 Å². The van der Waals surface area contributed by atoms with Gasteiger partial charge in [-0.1, -0.05) is 32.9 Å². The Morgan fingerprint density at radius 2 is 1.78 bits per heavy atom. The number of anilines is 1. The van der Waals surface area contributed by atoms with Crippen LogP contribution in [-0.2, 0) is 21.2 Å². The lowest BCUT2D eigenvalue weighted by Gasteiger charge is -2.20. The molecule has 1 N–H and O–H groups in total. The summed E-state index contributed by atoms with van der Waals surface area (Å²) >= 11 is 0. The summed E-state index contributed by atoms with van der Waals surface area (Å²) in [4.78, 5) is 12.0. The van der Waals surface area contributed by atoms with Crippen molar-refractivity contribution in [1.82, 2.24) is 4.31 Å². The summed E-state index contributed by atoms with van der Waals surface area (Å²) in [5.74, 6) is 0.248. The number of benzene rings is 1. The maximum atomic E-state index is 12.0. The summed E-state index contributed by atoms with van der Waals surface area (Å²) in [6, 6.07) is 7.68. The maximum Gasteiger partial charge on any atom is 0.225 e. The fraction of sp³-hybridized carbons (Fsp3) is 0.588. The van der Waals surface area contributed by atoms with Crippen LogP contribution in [0, 0.1) is 5.92 Å². The van der Waals surface area contributed by atoms with E-state index in [0.29, 0.717) is 12.5 Å². The minimum absolute atomic E-state index is 0.153. The average molecular weight is 340 g/mol. The van der Waals surface area contributed by atoms with E-state index in [1.807, 2.05) is 38.1 Å². The van der Waals surface area contributed by atoms with Gasteiger partial charge in [-0.05, 0) is 36.5 Å². The zero-order valence-electron chi connectivity index (χ0n) is 14.5. The molecule has 1 rings (SSSR count). The first-order valence-corrected chi connectivity index (χ1v) is 9.91. The van der Waals surface area contributed by atoms with Crippen LogP contribution in [0.4, 0.5) is 5.69 Å². The van der Waals surface area contributed by atoms with E-state index in [1.54, 1.807) is 0 Å². The summed E-state index contributed by atoms with van der Waals surface area (Å²) < 4.78 is 24.9. The SMILES string of the molecule is CCc1ccc(NC(=O)CCN(CCC(C)C)S(C)(=O)=O)cc1. The minimum atomic E-state index is -3.28. The number of aryl methyl sites for hydroxylation is 1. The molecule has 0 bridgehead atoms. The van der Waals surface area contributed by atoms with Gasteiger partial charge < -0.3 is 5.32 Å². The average Bonchev–Trinajstić information content (AvgIpc) is 2.46. The van der Waals surface area contributed by atoms with Gasteiger partial charge in [-0.2, -0.15) is 0 Å². The van der Waals surface area contributed by atoms with Gasteiger partial charge in [-0.3, -0.25) is 4.79 Å². The molecule has 0 aliphatic rings. The molecule has 0 heterocycles. The summed E-state index contributed by atoms with van der Waals surface area (Å²) in [5.41, 5.74) is 1.94. The van der Waals surface area contributed by atoms with Crippen molar-refractivity contribution in [3.8, 4) is 0 Å². The molecule has 0 spiro atoms. The molecule has 0 saturated heterocycles. The molecule has 1 aromatic carbocycles. The standard InChI is InChI=1S/C17H28N2O3S/c1-5-15-6-8-16(9-7-15)18-17(20)11-13-19(23(4,21)22)12-10-14(2)3/h6-9,14H,5,10-13H2,1-4H3,(H,18,20). The van der Waals surface area contributed by atoms with Crippen molar-refractivity contribution in [2.75, 3.05) is 24.7 Å². The molecule has 1 amide bonds. The van der Waals surface area contributed by atoms with Crippen molar-refractivity contribution in [1.29, 1.82) is 0 Å². The van der Waals surface area contributed by atoms with Crippen molar-refractivity contribution in [3.05, 3.63) is 29.8 Å². The highest BCUT2D eigenvalue weighted by molar-refractivity contribution is 7.88. The van der Waals surface area contributed by atoms with E-state index in [4.69, 9.17) is 0 Å². The maximum absolute atomic E-state index is 12.0. The Balaban J connectivity index is 2.53. The fourth-order valence-electron chi connectivity index (χ4n) is 2.12. The molecule has 130 valence electrons. The summed E-state index contributed by atoms with van der Waals surface area (Å²) in [5, 5.41) is 2.80. The normalized spacial score (nSPS) is 11.9. The van der Waals surface area contributed by atoms with Gasteiger partial charge in [0, 0.05) is 25.2 Å². The van der Waals surface area contributed by atoms with Crippen molar-refractivity contribution < 1.29 is 13.2 Å². The molecule has 0 aromatic heterocycles. The lowest BCUT2D eigenvalue weighted by Crippen LogP contribution is -2.34. The first-order chi connectivity index (χ1) is 10.7. The van der Waals surface area contributed by atoms with E-state index in [2.05, 4.69) is 12.2 Å². The van der Waals surface area contributed by atoms with E-state index < -0.39 is 10.0 Å². The van der Waals surface area contributed by atoms with Gasteiger partial charge in [0.25, 0.3) is 0 Å². The third-order valence-electron chi connectivity index (χ3n) is 3.66. The Labute approximate surface area is 140 Å². The first kappa shape index (κ1) is 19.6. The quantitative estimate of drug-likeness (QED) is 0.751. The molecule has 0 aliphatic heterocycles. The predicted octanol–water partition coefficient (Wildman–Crippen LogP) is 2.89. The van der Waals surface area contributed by atoms with Crippen molar-refractivity contribution in [2.45, 2.75) is 40.0 Å². The van der Waals surface area contributed by atoms with Crippen LogP contribution in [-0.4, -0.2) is 38.0 Å². The van der Waals surface area contributed by atoms with E-state index in [0.717, 1.165) is 18.5 Å². The zero-order chi connectivity index (χ0) is 17.5. The second kappa shape index (κ2) is 9.03. The summed E-state index contributed by atoms with van der Waals surface area (Å²) in [6.07, 6.45) is 3.08. The highest BCUT2D eigenvalue weighted by atomic mass is 32.2. The number of carbonyl (C=O) groups is 1. The summed E-state index contributed by atoms with van der Waals surface area (Å²) in [7, 11) is -3.28. The lowest BCUT2D eigenvalue weighted by molar-refractivity contribution is -0.116. The molecule has 0 radical (unpaired) electrons. The van der Waals surface area contributed by atoms with Gasteiger partial charge >= 0.3 is 0 Å². The topological polar surface area (TPSA) is 66.5 Å². The van der Waals surface area contributed by atoms with Gasteiger partial charge in [-0.15, -0.1) is 0 Å². The molecule has 1 aromatic rings. The number of carbonyl (C=O) groups excluding carboxylic acids is 1. The Bertz CT molecular complexity index is 595. The van der Waals surface area contributed by atoms with Gasteiger partial charge in [-0.25, -0.2) is 12.7 Å². The molecular formula is C17H28N2O3S. The monoisotopic (exact) mass is 340 g/mol. The number of amides is 1. The molecule has 0 saturated carbocycles. The van der Waals surface area contributed by atoms with Gasteiger partial charge in [0.15, 0.2) is 0 Å². The van der Waals surface area contributed by atoms with Crippen LogP contribution in [0.3, 0.4) is 0 Å². The second-order valence-corrected chi connectivity index (χ2v) is 8.18. The van der Waals surface area contributed by atoms with E-state index >= 15 is 0 Å². The van der Waals surface area contributed by atoms with Crippen LogP contribution in [0.15, 0.2) is 24.3 Å². The van der Waals surface area contributed by atoms with Crippen LogP contribution < -0.4 is 5.32 Å². The van der Waals surface area contributed by atoms with Crippen LogP contribution in [0.1, 0.15) is 39.2 Å². The van der Waals surface area contributed by atoms with E-state index in [1.165, 1.54) is 16.1 Å². The Hall–Kier alpha value is -1.40. The molecule has 0 atom stereocenters. The molecular weight excluding hydrogens is 312 g/mol. The predicted molar refractivity (Wildman–Crippen MR) is 94.9 cm³/mol. The van der Waals surface area contributed by atoms with Crippen LogP contribution >= 0.6 is 0 Å². The molecule has 0 aliphatic carbocycles. The Morgan fingerprint density at radius 1 is 1.17 bits per heavy atom. The van der Waals surface area contributed by atoms with Gasteiger partial charge in [0.2, 0.25) is 15.9 Å². The lowest BCUT2D eigenvalue weighted by atomic mass is 10.1. The Morgan fingerprint density at radius 3 is 2.26 bits per heavy atom. The minimum Gasteiger partial charge on any atom is -0.326 e. The number of rotatable bonds is 9. The molecule has 0 fully saturated rings. The molecule has 6 heteroatoms. The second-order valence-electron chi connectivity index (χ2n) is 6.19. The number of sulfonamides is 1. The van der Waals surface area contributed by atoms with Crippen LogP contribution in [0.25, 0.3) is 0 Å². The number of nitrogens with one attached hydrogen (secondary N) is 1. The first-order valence-electron chi connectivity index (χ1n) is 8.06. The third kappa shape index (κ3) is 7.61. The molecule has 0 unspecified atom stereocenters. The van der Waals surface area contributed by atoms with E-state index in [9.17, 15) is 13.2 Å². The van der Waals surface area contributed by atoms with Gasteiger partial charge in [0.1, 0.15) is 0 Å². The van der Waals surface area contributed by atoms with Gasteiger partial charge in [0.05, 0.1) is 6.26 Å². The highest BCUT2D eigenvalue weighted by Crippen LogP contribution is 2.11. The molecule has 23 heavy (non-hydrogen) atoms. The number of hydrogen-bond donors (Lipinski definition) is 1. The van der Waals surface area contributed by atoms with E-state index in [-0.39, 0.29) is 18.9 Å². The number of hydrogen-bond acceptors (Lipinski definition) is 3. The summed E-state index contributed by atoms with van der Waals surface area (Å²) in [6.45, 7) is 6.84. The van der Waals surface area contributed by atoms with Crippen LogP contribution in [0.2, 0.25) is 0 Å². The third-order valence-corrected chi connectivity index (χ3v) is 4.96. The highest BCUT2D eigenvalue weighted by Gasteiger charge is 2.18. The largest absolute Gasteiger partial charge is 0.326 e. The van der Waals surface area contributed by atoms with Crippen LogP contribution in [0.5, 0.6) is 0 Å². The van der Waals surface area contributed by atoms with Crippen molar-refractivity contribution >= 4 is 21.6 Å².